The number of likely N-dealkylation sites (tertiary alicyclic amines) is 1. The van der Waals surface area contributed by atoms with Crippen molar-refractivity contribution in [2.24, 2.45) is 0 Å². The summed E-state index contributed by atoms with van der Waals surface area (Å²) in [4.78, 5) is 30.3. The molecule has 0 bridgehead atoms. The lowest BCUT2D eigenvalue weighted by molar-refractivity contribution is -0.140. The molecule has 2 aliphatic heterocycles. The fourth-order valence-electron chi connectivity index (χ4n) is 4.72. The van der Waals surface area contributed by atoms with Gasteiger partial charge in [0.25, 0.3) is 11.7 Å². The zero-order chi connectivity index (χ0) is 26.5. The van der Waals surface area contributed by atoms with Crippen molar-refractivity contribution in [3.8, 4) is 17.2 Å². The van der Waals surface area contributed by atoms with E-state index in [-0.39, 0.29) is 16.9 Å². The molecule has 10 heteroatoms. The number of halogens is 1. The number of carbonyl (C=O) groups excluding carboxylic acids is 2. The number of ether oxygens (including phenoxy) is 3. The van der Waals surface area contributed by atoms with Crippen molar-refractivity contribution in [2.45, 2.75) is 19.4 Å². The van der Waals surface area contributed by atoms with Crippen molar-refractivity contribution < 1.29 is 34.0 Å². The van der Waals surface area contributed by atoms with E-state index in [0.717, 1.165) is 19.6 Å². The van der Waals surface area contributed by atoms with Crippen molar-refractivity contribution in [1.82, 2.24) is 9.80 Å². The summed E-state index contributed by atoms with van der Waals surface area (Å²) in [5.74, 6) is -1.17. The van der Waals surface area contributed by atoms with Gasteiger partial charge < -0.3 is 29.3 Å². The Morgan fingerprint density at radius 1 is 1.11 bits per heavy atom. The largest absolute Gasteiger partial charge is 0.507 e. The van der Waals surface area contributed by atoms with Crippen LogP contribution in [0, 0.1) is 0 Å². The highest BCUT2D eigenvalue weighted by Crippen LogP contribution is 2.43. The minimum Gasteiger partial charge on any atom is -0.507 e. The Morgan fingerprint density at radius 3 is 2.57 bits per heavy atom. The number of ketones is 1. The summed E-state index contributed by atoms with van der Waals surface area (Å²) in [6, 6.07) is 8.86. The summed E-state index contributed by atoms with van der Waals surface area (Å²) in [6.45, 7) is 6.35. The zero-order valence-corrected chi connectivity index (χ0v) is 22.5. The minimum absolute atomic E-state index is 0.0589. The van der Waals surface area contributed by atoms with Crippen LogP contribution in [-0.2, 0) is 14.3 Å². The topological polar surface area (TPSA) is 109 Å². The Morgan fingerprint density at radius 2 is 1.86 bits per heavy atom. The highest BCUT2D eigenvalue weighted by Gasteiger charge is 2.46. The van der Waals surface area contributed by atoms with Gasteiger partial charge in [0.2, 0.25) is 0 Å². The average Bonchev–Trinajstić information content (AvgIpc) is 3.15. The average molecular weight is 575 g/mol. The maximum Gasteiger partial charge on any atom is 0.295 e. The molecule has 4 rings (SSSR count). The highest BCUT2D eigenvalue weighted by atomic mass is 79.9. The SMILES string of the molecule is CCOc1ccc(C2C(=C(O)c3cc(Br)ccc3O)C(=O)C(=O)N2CCCN2CCOCC2)cc1OC. The molecule has 1 unspecified atom stereocenters. The minimum atomic E-state index is -0.868. The maximum absolute atomic E-state index is 13.3. The fourth-order valence-corrected chi connectivity index (χ4v) is 5.08. The van der Waals surface area contributed by atoms with Crippen molar-refractivity contribution in [3.63, 3.8) is 0 Å². The Balaban J connectivity index is 1.75. The number of methoxy groups -OCH3 is 1. The summed E-state index contributed by atoms with van der Waals surface area (Å²) in [6.07, 6.45) is 0.639. The van der Waals surface area contributed by atoms with Crippen LogP contribution >= 0.6 is 15.9 Å². The number of nitrogens with zero attached hydrogens (tertiary/aromatic N) is 2. The van der Waals surface area contributed by atoms with Gasteiger partial charge in [0.15, 0.2) is 11.5 Å². The van der Waals surface area contributed by atoms with E-state index in [2.05, 4.69) is 20.8 Å². The van der Waals surface area contributed by atoms with Crippen molar-refractivity contribution in [3.05, 3.63) is 57.6 Å². The summed E-state index contributed by atoms with van der Waals surface area (Å²) in [7, 11) is 1.51. The highest BCUT2D eigenvalue weighted by molar-refractivity contribution is 9.10. The van der Waals surface area contributed by atoms with E-state index in [1.165, 1.54) is 24.1 Å². The molecule has 2 heterocycles. The zero-order valence-electron chi connectivity index (χ0n) is 20.9. The number of morpholine rings is 1. The number of hydrogen-bond acceptors (Lipinski definition) is 8. The van der Waals surface area contributed by atoms with Crippen LogP contribution in [0.2, 0.25) is 0 Å². The Kier molecular flexibility index (Phi) is 8.73. The molecule has 2 saturated heterocycles. The Hall–Kier alpha value is -3.08. The first-order valence-corrected chi connectivity index (χ1v) is 13.0. The molecule has 0 aliphatic carbocycles. The van der Waals surface area contributed by atoms with Crippen molar-refractivity contribution >= 4 is 33.4 Å². The van der Waals surface area contributed by atoms with E-state index in [1.54, 1.807) is 24.3 Å². The van der Waals surface area contributed by atoms with Crippen molar-refractivity contribution in [2.75, 3.05) is 53.1 Å². The molecule has 0 aromatic heterocycles. The van der Waals surface area contributed by atoms with Gasteiger partial charge in [0.05, 0.1) is 44.1 Å². The molecule has 1 atom stereocenters. The second-order valence-electron chi connectivity index (χ2n) is 8.80. The summed E-state index contributed by atoms with van der Waals surface area (Å²) in [5, 5.41) is 21.7. The van der Waals surface area contributed by atoms with Crippen LogP contribution < -0.4 is 9.47 Å². The second kappa shape index (κ2) is 12.0. The van der Waals surface area contributed by atoms with Gasteiger partial charge in [0.1, 0.15) is 11.5 Å². The molecule has 2 fully saturated rings. The molecule has 9 nitrogen and oxygen atoms in total. The molecule has 0 radical (unpaired) electrons. The summed E-state index contributed by atoms with van der Waals surface area (Å²) < 4.78 is 17.1. The first kappa shape index (κ1) is 27.0. The van der Waals surface area contributed by atoms with Gasteiger partial charge in [0, 0.05) is 30.7 Å². The molecule has 0 spiro atoms. The van der Waals surface area contributed by atoms with Gasteiger partial charge in [-0.2, -0.15) is 0 Å². The third kappa shape index (κ3) is 5.76. The number of aliphatic hydroxyl groups is 1. The molecule has 2 aliphatic rings. The predicted molar refractivity (Wildman–Crippen MR) is 141 cm³/mol. The van der Waals surface area contributed by atoms with Crippen molar-refractivity contribution in [1.29, 1.82) is 0 Å². The lowest BCUT2D eigenvalue weighted by Crippen LogP contribution is -2.39. The molecular formula is C27H31BrN2O7. The number of rotatable bonds is 9. The van der Waals surface area contributed by atoms with E-state index in [1.807, 2.05) is 6.92 Å². The van der Waals surface area contributed by atoms with Crippen LogP contribution in [-0.4, -0.2) is 84.8 Å². The number of phenolic OH excluding ortho intramolecular Hbond substituents is 1. The van der Waals surface area contributed by atoms with E-state index in [4.69, 9.17) is 14.2 Å². The normalized spacial score (nSPS) is 19.9. The van der Waals surface area contributed by atoms with Crippen LogP contribution in [0.25, 0.3) is 5.76 Å². The molecule has 1 amide bonds. The van der Waals surface area contributed by atoms with E-state index in [9.17, 15) is 19.8 Å². The van der Waals surface area contributed by atoms with E-state index in [0.29, 0.717) is 54.3 Å². The van der Waals surface area contributed by atoms with Gasteiger partial charge >= 0.3 is 0 Å². The first-order valence-electron chi connectivity index (χ1n) is 12.2. The third-order valence-electron chi connectivity index (χ3n) is 6.53. The molecule has 0 saturated carbocycles. The van der Waals surface area contributed by atoms with Gasteiger partial charge in [-0.15, -0.1) is 0 Å². The Labute approximate surface area is 224 Å². The molecular weight excluding hydrogens is 544 g/mol. The maximum atomic E-state index is 13.3. The van der Waals surface area contributed by atoms with Crippen LogP contribution in [0.15, 0.2) is 46.4 Å². The first-order chi connectivity index (χ1) is 17.8. The molecule has 37 heavy (non-hydrogen) atoms. The van der Waals surface area contributed by atoms with Crippen LogP contribution in [0.1, 0.15) is 30.5 Å². The number of aliphatic hydroxyl groups excluding tert-OH is 1. The van der Waals surface area contributed by atoms with Crippen LogP contribution in [0.3, 0.4) is 0 Å². The number of amides is 1. The monoisotopic (exact) mass is 574 g/mol. The number of hydrogen-bond donors (Lipinski definition) is 2. The standard InChI is InChI=1S/C27H31BrN2O7/c1-3-37-21-8-5-17(15-22(21)35-2)24-23(25(32)19-16-18(28)6-7-20(19)31)26(33)27(34)30(24)10-4-9-29-11-13-36-14-12-29/h5-8,15-16,24,31-32H,3-4,9-14H2,1-2H3. The lowest BCUT2D eigenvalue weighted by atomic mass is 9.94. The molecule has 2 N–H and O–H groups in total. The smallest absolute Gasteiger partial charge is 0.295 e. The molecule has 2 aromatic rings. The van der Waals surface area contributed by atoms with Gasteiger partial charge in [-0.3, -0.25) is 14.5 Å². The summed E-state index contributed by atoms with van der Waals surface area (Å²) >= 11 is 3.33. The molecule has 2 aromatic carbocycles. The number of aromatic hydroxyl groups is 1. The third-order valence-corrected chi connectivity index (χ3v) is 7.03. The van der Waals surface area contributed by atoms with Gasteiger partial charge in [-0.25, -0.2) is 0 Å². The molecule has 198 valence electrons. The number of phenols is 1. The van der Waals surface area contributed by atoms with Crippen LogP contribution in [0.5, 0.6) is 17.2 Å². The quantitative estimate of drug-likeness (QED) is 0.265. The Bertz CT molecular complexity index is 1190. The van der Waals surface area contributed by atoms with Gasteiger partial charge in [-0.05, 0) is 49.2 Å². The second-order valence-corrected chi connectivity index (χ2v) is 9.72. The fraction of sp³-hybridized carbons (Fsp3) is 0.407. The van der Waals surface area contributed by atoms with Gasteiger partial charge in [-0.1, -0.05) is 22.0 Å². The summed E-state index contributed by atoms with van der Waals surface area (Å²) in [5.41, 5.74) is 0.557. The number of carbonyl (C=O) groups is 2. The predicted octanol–water partition coefficient (Wildman–Crippen LogP) is 3.71. The van der Waals surface area contributed by atoms with E-state index >= 15 is 0 Å². The van der Waals surface area contributed by atoms with Crippen LogP contribution in [0.4, 0.5) is 0 Å². The lowest BCUT2D eigenvalue weighted by Gasteiger charge is -2.29. The number of Topliss-reactive ketones (excluding diaryl/α,β-unsaturated/α-hetero) is 1. The number of benzene rings is 2. The van der Waals surface area contributed by atoms with E-state index < -0.39 is 23.5 Å².